The second kappa shape index (κ2) is 8.31. The van der Waals surface area contributed by atoms with Gasteiger partial charge in [-0.25, -0.2) is 9.48 Å². The zero-order chi connectivity index (χ0) is 19.2. The first-order valence-corrected chi connectivity index (χ1v) is 8.64. The highest BCUT2D eigenvalue weighted by Gasteiger charge is 2.21. The number of rotatable bonds is 7. The number of nitrogens with zero attached hydrogens (tertiary/aromatic N) is 2. The summed E-state index contributed by atoms with van der Waals surface area (Å²) >= 11 is 0. The Labute approximate surface area is 157 Å². The monoisotopic (exact) mass is 364 g/mol. The van der Waals surface area contributed by atoms with E-state index in [1.807, 2.05) is 49.4 Å². The lowest BCUT2D eigenvalue weighted by molar-refractivity contribution is 0.0513. The number of esters is 1. The van der Waals surface area contributed by atoms with E-state index in [4.69, 9.17) is 9.47 Å². The second-order valence-corrected chi connectivity index (χ2v) is 5.87. The van der Waals surface area contributed by atoms with E-state index in [2.05, 4.69) is 5.10 Å². The van der Waals surface area contributed by atoms with Crippen molar-refractivity contribution in [2.24, 2.45) is 0 Å². The number of carbonyl (C=O) groups is 2. The number of para-hydroxylation sites is 1. The maximum Gasteiger partial charge on any atom is 0.362 e. The first-order valence-electron chi connectivity index (χ1n) is 8.64. The van der Waals surface area contributed by atoms with Crippen molar-refractivity contribution in [1.82, 2.24) is 9.78 Å². The molecule has 3 aromatic rings. The molecule has 0 fully saturated rings. The lowest BCUT2D eigenvalue weighted by atomic mass is 10.1. The smallest absolute Gasteiger partial charge is 0.362 e. The van der Waals surface area contributed by atoms with Gasteiger partial charge >= 0.3 is 5.97 Å². The number of ether oxygens (including phenoxy) is 2. The van der Waals surface area contributed by atoms with Gasteiger partial charge in [0.15, 0.2) is 18.1 Å². The average Bonchev–Trinajstić information content (AvgIpc) is 3.12. The van der Waals surface area contributed by atoms with Crippen LogP contribution in [0.5, 0.6) is 5.75 Å². The summed E-state index contributed by atoms with van der Waals surface area (Å²) in [7, 11) is 0. The van der Waals surface area contributed by atoms with Gasteiger partial charge in [-0.1, -0.05) is 42.5 Å². The Balaban J connectivity index is 1.85. The van der Waals surface area contributed by atoms with Gasteiger partial charge in [-0.3, -0.25) is 4.79 Å². The molecule has 2 aromatic carbocycles. The highest BCUT2D eigenvalue weighted by Crippen LogP contribution is 2.21. The number of aryl methyl sites for hydroxylation is 1. The fourth-order valence-corrected chi connectivity index (χ4v) is 2.62. The average molecular weight is 364 g/mol. The Morgan fingerprint density at radius 3 is 2.44 bits per heavy atom. The maximum absolute atomic E-state index is 12.5. The molecular formula is C21H20N2O4. The SMILES string of the molecule is CCOC(=O)c1nn(-c2ccccc2)cc1OCC(=O)c1ccccc1C. The van der Waals surface area contributed by atoms with E-state index in [1.165, 1.54) is 4.68 Å². The Morgan fingerprint density at radius 1 is 1.04 bits per heavy atom. The fraction of sp³-hybridized carbons (Fsp3) is 0.190. The van der Waals surface area contributed by atoms with Gasteiger partial charge in [0.2, 0.25) is 5.69 Å². The first-order chi connectivity index (χ1) is 13.1. The topological polar surface area (TPSA) is 70.4 Å². The van der Waals surface area contributed by atoms with E-state index >= 15 is 0 Å². The van der Waals surface area contributed by atoms with Gasteiger partial charge in [-0.2, -0.15) is 5.10 Å². The molecule has 0 radical (unpaired) electrons. The van der Waals surface area contributed by atoms with Gasteiger partial charge in [-0.05, 0) is 31.5 Å². The molecule has 1 heterocycles. The predicted molar refractivity (Wildman–Crippen MR) is 101 cm³/mol. The summed E-state index contributed by atoms with van der Waals surface area (Å²) in [5.74, 6) is -0.555. The van der Waals surface area contributed by atoms with Gasteiger partial charge in [-0.15, -0.1) is 0 Å². The molecule has 0 spiro atoms. The molecule has 1 aromatic heterocycles. The van der Waals surface area contributed by atoms with Crippen LogP contribution in [-0.2, 0) is 4.74 Å². The minimum atomic E-state index is -0.592. The zero-order valence-electron chi connectivity index (χ0n) is 15.2. The molecule has 0 amide bonds. The van der Waals surface area contributed by atoms with Crippen LogP contribution in [0.2, 0.25) is 0 Å². The molecule has 138 valence electrons. The number of hydrogen-bond acceptors (Lipinski definition) is 5. The number of Topliss-reactive ketones (excluding diaryl/α,β-unsaturated/α-hetero) is 1. The highest BCUT2D eigenvalue weighted by molar-refractivity contribution is 5.98. The van der Waals surface area contributed by atoms with Crippen molar-refractivity contribution in [3.05, 3.63) is 77.6 Å². The molecule has 27 heavy (non-hydrogen) atoms. The standard InChI is InChI=1S/C21H20N2O4/c1-3-26-21(25)20-19(13-23(22-20)16-10-5-4-6-11-16)27-14-18(24)17-12-8-7-9-15(17)2/h4-13H,3,14H2,1-2H3. The Kier molecular flexibility index (Phi) is 5.66. The summed E-state index contributed by atoms with van der Waals surface area (Å²) in [6.45, 7) is 3.61. The van der Waals surface area contributed by atoms with Crippen molar-refractivity contribution in [2.75, 3.05) is 13.2 Å². The number of benzene rings is 2. The molecular weight excluding hydrogens is 344 g/mol. The van der Waals surface area contributed by atoms with Crippen LogP contribution in [0.25, 0.3) is 5.69 Å². The molecule has 0 unspecified atom stereocenters. The Morgan fingerprint density at radius 2 is 1.74 bits per heavy atom. The number of hydrogen-bond donors (Lipinski definition) is 0. The molecule has 6 nitrogen and oxygen atoms in total. The predicted octanol–water partition coefficient (Wildman–Crippen LogP) is 3.62. The molecule has 0 bridgehead atoms. The molecule has 0 atom stereocenters. The van der Waals surface area contributed by atoms with Crippen LogP contribution in [0, 0.1) is 6.92 Å². The van der Waals surface area contributed by atoms with E-state index < -0.39 is 5.97 Å². The van der Waals surface area contributed by atoms with Gasteiger partial charge in [0.1, 0.15) is 0 Å². The highest BCUT2D eigenvalue weighted by atomic mass is 16.5. The molecule has 0 N–H and O–H groups in total. The van der Waals surface area contributed by atoms with Crippen LogP contribution in [0.4, 0.5) is 0 Å². The third-order valence-electron chi connectivity index (χ3n) is 3.97. The third kappa shape index (κ3) is 4.23. The zero-order valence-corrected chi connectivity index (χ0v) is 15.2. The molecule has 0 aliphatic heterocycles. The molecule has 0 aliphatic rings. The summed E-state index contributed by atoms with van der Waals surface area (Å²) in [6.07, 6.45) is 1.58. The molecule has 0 saturated carbocycles. The summed E-state index contributed by atoms with van der Waals surface area (Å²) in [4.78, 5) is 24.7. The number of carbonyl (C=O) groups excluding carboxylic acids is 2. The summed E-state index contributed by atoms with van der Waals surface area (Å²) in [6, 6.07) is 16.6. The van der Waals surface area contributed by atoms with E-state index in [0.717, 1.165) is 11.3 Å². The van der Waals surface area contributed by atoms with Crippen LogP contribution >= 0.6 is 0 Å². The van der Waals surface area contributed by atoms with E-state index in [-0.39, 0.29) is 30.4 Å². The largest absolute Gasteiger partial charge is 0.481 e. The minimum Gasteiger partial charge on any atom is -0.481 e. The summed E-state index contributed by atoms with van der Waals surface area (Å²) in [5.41, 5.74) is 2.27. The summed E-state index contributed by atoms with van der Waals surface area (Å²) in [5, 5.41) is 4.27. The number of ketones is 1. The molecule has 0 saturated heterocycles. The van der Waals surface area contributed by atoms with Crippen LogP contribution in [0.1, 0.15) is 33.3 Å². The lowest BCUT2D eigenvalue weighted by Crippen LogP contribution is -2.14. The molecule has 3 rings (SSSR count). The van der Waals surface area contributed by atoms with Gasteiger partial charge in [0.05, 0.1) is 18.5 Å². The second-order valence-electron chi connectivity index (χ2n) is 5.87. The quantitative estimate of drug-likeness (QED) is 0.473. The molecule has 0 aliphatic carbocycles. The fourth-order valence-electron chi connectivity index (χ4n) is 2.62. The van der Waals surface area contributed by atoms with Crippen molar-refractivity contribution < 1.29 is 19.1 Å². The Bertz CT molecular complexity index is 948. The van der Waals surface area contributed by atoms with Crippen LogP contribution in [0.15, 0.2) is 60.8 Å². The van der Waals surface area contributed by atoms with Gasteiger partial charge in [0.25, 0.3) is 0 Å². The van der Waals surface area contributed by atoms with Crippen molar-refractivity contribution in [3.63, 3.8) is 0 Å². The van der Waals surface area contributed by atoms with Crippen molar-refractivity contribution >= 4 is 11.8 Å². The maximum atomic E-state index is 12.5. The van der Waals surface area contributed by atoms with Crippen LogP contribution < -0.4 is 4.74 Å². The van der Waals surface area contributed by atoms with Gasteiger partial charge < -0.3 is 9.47 Å². The lowest BCUT2D eigenvalue weighted by Gasteiger charge is -2.07. The van der Waals surface area contributed by atoms with Crippen molar-refractivity contribution in [2.45, 2.75) is 13.8 Å². The van der Waals surface area contributed by atoms with Crippen molar-refractivity contribution in [3.8, 4) is 11.4 Å². The van der Waals surface area contributed by atoms with Crippen LogP contribution in [0.3, 0.4) is 0 Å². The third-order valence-corrected chi connectivity index (χ3v) is 3.97. The van der Waals surface area contributed by atoms with E-state index in [0.29, 0.717) is 5.56 Å². The van der Waals surface area contributed by atoms with E-state index in [1.54, 1.807) is 25.3 Å². The minimum absolute atomic E-state index is 0.0401. The normalized spacial score (nSPS) is 10.4. The van der Waals surface area contributed by atoms with Crippen molar-refractivity contribution in [1.29, 1.82) is 0 Å². The first kappa shape index (κ1) is 18.4. The number of aromatic nitrogens is 2. The van der Waals surface area contributed by atoms with E-state index in [9.17, 15) is 9.59 Å². The van der Waals surface area contributed by atoms with Crippen LogP contribution in [-0.4, -0.2) is 34.7 Å². The van der Waals surface area contributed by atoms with Gasteiger partial charge in [0, 0.05) is 5.56 Å². The Hall–Kier alpha value is -3.41. The summed E-state index contributed by atoms with van der Waals surface area (Å²) < 4.78 is 12.2. The molecule has 6 heteroatoms.